The van der Waals surface area contributed by atoms with Crippen molar-refractivity contribution in [3.8, 4) is 0 Å². The Morgan fingerprint density at radius 2 is 1.79 bits per heavy atom. The largest absolute Gasteiger partial charge is 0.394 e. The van der Waals surface area contributed by atoms with Gasteiger partial charge in [0.25, 0.3) is 0 Å². The van der Waals surface area contributed by atoms with Gasteiger partial charge in [0.15, 0.2) is 11.6 Å². The van der Waals surface area contributed by atoms with Crippen molar-refractivity contribution in [2.45, 2.75) is 6.10 Å². The van der Waals surface area contributed by atoms with Crippen molar-refractivity contribution in [2.24, 2.45) is 0 Å². The van der Waals surface area contributed by atoms with E-state index in [2.05, 4.69) is 0 Å². The van der Waals surface area contributed by atoms with Crippen molar-refractivity contribution in [1.82, 2.24) is 0 Å². The van der Waals surface area contributed by atoms with Crippen LogP contribution in [0.4, 0.5) is 24.5 Å². The minimum Gasteiger partial charge on any atom is -0.394 e. The molecule has 9 heteroatoms. The first-order chi connectivity index (χ1) is 11.3. The van der Waals surface area contributed by atoms with Crippen molar-refractivity contribution < 1.29 is 28.2 Å². The highest BCUT2D eigenvalue weighted by atomic mass is 127. The zero-order chi connectivity index (χ0) is 17.9. The van der Waals surface area contributed by atoms with Crippen molar-refractivity contribution in [3.05, 3.63) is 56.4 Å². The molecule has 2 aromatic carbocycles. The predicted molar refractivity (Wildman–Crippen MR) is 91.7 cm³/mol. The average molecular weight is 474 g/mol. The van der Waals surface area contributed by atoms with Gasteiger partial charge in [-0.1, -0.05) is 11.6 Å². The second-order valence-electron chi connectivity index (χ2n) is 4.72. The molecule has 2 aromatic rings. The van der Waals surface area contributed by atoms with Crippen LogP contribution < -0.4 is 5.06 Å². The van der Waals surface area contributed by atoms with Gasteiger partial charge in [0.1, 0.15) is 29.9 Å². The van der Waals surface area contributed by atoms with E-state index in [0.717, 1.165) is 12.1 Å². The Hall–Kier alpha value is -1.07. The summed E-state index contributed by atoms with van der Waals surface area (Å²) in [4.78, 5) is 5.19. The summed E-state index contributed by atoms with van der Waals surface area (Å²) < 4.78 is 42.7. The number of hydrogen-bond acceptors (Lipinski definition) is 4. The second-order valence-corrected chi connectivity index (χ2v) is 6.37. The summed E-state index contributed by atoms with van der Waals surface area (Å²) in [6, 6.07) is 6.25. The molecule has 24 heavy (non-hydrogen) atoms. The Labute approximate surface area is 154 Å². The van der Waals surface area contributed by atoms with E-state index in [-0.39, 0.29) is 5.69 Å². The molecule has 1 atom stereocenters. The number of anilines is 2. The van der Waals surface area contributed by atoms with Crippen LogP contribution in [0, 0.1) is 21.0 Å². The molecule has 0 spiro atoms. The van der Waals surface area contributed by atoms with Crippen LogP contribution in [0.5, 0.6) is 0 Å². The third-order valence-corrected chi connectivity index (χ3v) is 3.93. The average Bonchev–Trinajstić information content (AvgIpc) is 2.55. The first kappa shape index (κ1) is 19.3. The highest BCUT2D eigenvalue weighted by Gasteiger charge is 2.23. The number of aliphatic hydroxyl groups is 2. The van der Waals surface area contributed by atoms with Gasteiger partial charge in [0.05, 0.1) is 11.6 Å². The molecule has 0 fully saturated rings. The Morgan fingerprint density at radius 3 is 2.42 bits per heavy atom. The minimum absolute atomic E-state index is 0.193. The lowest BCUT2D eigenvalue weighted by atomic mass is 10.2. The third-order valence-electron chi connectivity index (χ3n) is 2.97. The van der Waals surface area contributed by atoms with Gasteiger partial charge >= 0.3 is 0 Å². The van der Waals surface area contributed by atoms with Gasteiger partial charge in [-0.2, -0.15) is 0 Å². The minimum atomic E-state index is -1.33. The molecule has 0 saturated carbocycles. The van der Waals surface area contributed by atoms with Gasteiger partial charge in [-0.15, -0.1) is 0 Å². The van der Waals surface area contributed by atoms with E-state index in [1.165, 1.54) is 12.1 Å². The standard InChI is InChI=1S/C15H12ClF3INO3/c16-10-2-4-13(15(19)14(10)18)21(24-7-9(23)6-22)12-3-1-8(20)5-11(12)17/h1-5,9,22-23H,6-7H2/t9-/m0/s1. The summed E-state index contributed by atoms with van der Waals surface area (Å²) >= 11 is 7.41. The quantitative estimate of drug-likeness (QED) is 0.381. The highest BCUT2D eigenvalue weighted by molar-refractivity contribution is 14.1. The molecule has 0 amide bonds. The smallest absolute Gasteiger partial charge is 0.186 e. The van der Waals surface area contributed by atoms with Crippen LogP contribution in [0.3, 0.4) is 0 Å². The number of nitrogens with zero attached hydrogens (tertiary/aromatic N) is 1. The van der Waals surface area contributed by atoms with E-state index in [0.29, 0.717) is 8.63 Å². The molecule has 0 aliphatic carbocycles. The molecule has 0 saturated heterocycles. The fourth-order valence-corrected chi connectivity index (χ4v) is 2.40. The zero-order valence-electron chi connectivity index (χ0n) is 12.0. The van der Waals surface area contributed by atoms with Crippen molar-refractivity contribution in [1.29, 1.82) is 0 Å². The predicted octanol–water partition coefficient (Wildman–Crippen LogP) is 3.78. The van der Waals surface area contributed by atoms with Gasteiger partial charge in [0, 0.05) is 3.57 Å². The van der Waals surface area contributed by atoms with E-state index in [4.69, 9.17) is 21.5 Å². The highest BCUT2D eigenvalue weighted by Crippen LogP contribution is 2.34. The molecule has 0 aliphatic rings. The Morgan fingerprint density at radius 1 is 1.12 bits per heavy atom. The molecule has 4 nitrogen and oxygen atoms in total. The SMILES string of the molecule is OC[C@H](O)CON(c1ccc(I)cc1F)c1ccc(Cl)c(F)c1F. The summed E-state index contributed by atoms with van der Waals surface area (Å²) in [5.41, 5.74) is -0.622. The Kier molecular flexibility index (Phi) is 6.70. The number of benzene rings is 2. The molecular weight excluding hydrogens is 462 g/mol. The van der Waals surface area contributed by atoms with E-state index >= 15 is 0 Å². The lowest BCUT2D eigenvalue weighted by Gasteiger charge is -2.26. The van der Waals surface area contributed by atoms with Crippen molar-refractivity contribution in [3.63, 3.8) is 0 Å². The summed E-state index contributed by atoms with van der Waals surface area (Å²) in [5, 5.41) is 18.5. The molecule has 2 rings (SSSR count). The van der Waals surface area contributed by atoms with E-state index in [1.54, 1.807) is 6.07 Å². The van der Waals surface area contributed by atoms with Crippen LogP contribution in [-0.2, 0) is 4.84 Å². The maximum Gasteiger partial charge on any atom is 0.186 e. The zero-order valence-corrected chi connectivity index (χ0v) is 14.9. The Balaban J connectivity index is 2.48. The summed E-state index contributed by atoms with van der Waals surface area (Å²) in [6.45, 7) is -1.08. The number of aliphatic hydroxyl groups excluding tert-OH is 2. The van der Waals surface area contributed by atoms with Crippen molar-refractivity contribution >= 4 is 45.6 Å². The molecule has 0 aromatic heterocycles. The monoisotopic (exact) mass is 473 g/mol. The first-order valence-electron chi connectivity index (χ1n) is 6.65. The number of rotatable bonds is 6. The van der Waals surface area contributed by atoms with Gasteiger partial charge in [-0.25, -0.2) is 18.2 Å². The fraction of sp³-hybridized carbons (Fsp3) is 0.200. The lowest BCUT2D eigenvalue weighted by Crippen LogP contribution is -2.28. The van der Waals surface area contributed by atoms with Crippen LogP contribution in [0.25, 0.3) is 0 Å². The second kappa shape index (κ2) is 8.34. The molecule has 130 valence electrons. The summed E-state index contributed by atoms with van der Waals surface area (Å²) in [5.74, 6) is -3.38. The van der Waals surface area contributed by atoms with Gasteiger partial charge in [-0.3, -0.25) is 4.84 Å². The summed E-state index contributed by atoms with van der Waals surface area (Å²) in [7, 11) is 0. The van der Waals surface area contributed by atoms with E-state index in [1.807, 2.05) is 22.6 Å². The van der Waals surface area contributed by atoms with Gasteiger partial charge in [-0.05, 0) is 52.9 Å². The van der Waals surface area contributed by atoms with Crippen molar-refractivity contribution in [2.75, 3.05) is 18.3 Å². The van der Waals surface area contributed by atoms with Crippen LogP contribution in [0.15, 0.2) is 30.3 Å². The van der Waals surface area contributed by atoms with Crippen LogP contribution in [0.1, 0.15) is 0 Å². The normalized spacial score (nSPS) is 12.3. The number of hydrogen-bond donors (Lipinski definition) is 2. The third kappa shape index (κ3) is 4.31. The van der Waals surface area contributed by atoms with Crippen LogP contribution >= 0.6 is 34.2 Å². The maximum atomic E-state index is 14.2. The topological polar surface area (TPSA) is 52.9 Å². The molecule has 0 bridgehead atoms. The molecule has 0 heterocycles. The van der Waals surface area contributed by atoms with Crippen LogP contribution in [-0.4, -0.2) is 29.5 Å². The van der Waals surface area contributed by atoms with Gasteiger partial charge in [0.2, 0.25) is 0 Å². The Bertz CT molecular complexity index is 735. The van der Waals surface area contributed by atoms with Gasteiger partial charge < -0.3 is 10.2 Å². The molecule has 0 unspecified atom stereocenters. The molecule has 2 N–H and O–H groups in total. The first-order valence-corrected chi connectivity index (χ1v) is 8.11. The molecule has 0 radical (unpaired) electrons. The molecular formula is C15H12ClF3INO3. The van der Waals surface area contributed by atoms with E-state index < -0.39 is 47.5 Å². The lowest BCUT2D eigenvalue weighted by molar-refractivity contribution is 0.00523. The van der Waals surface area contributed by atoms with E-state index in [9.17, 15) is 18.3 Å². The number of halogens is 5. The van der Waals surface area contributed by atoms with Crippen LogP contribution in [0.2, 0.25) is 5.02 Å². The fourth-order valence-electron chi connectivity index (χ4n) is 1.80. The summed E-state index contributed by atoms with van der Waals surface area (Å²) in [6.07, 6.45) is -1.28. The molecule has 0 aliphatic heterocycles. The maximum absolute atomic E-state index is 14.2.